The fourth-order valence-electron chi connectivity index (χ4n) is 3.12. The Hall–Kier alpha value is -0.900. The monoisotopic (exact) mass is 233 g/mol. The van der Waals surface area contributed by atoms with Gasteiger partial charge in [0.25, 0.3) is 0 Å². The van der Waals surface area contributed by atoms with E-state index >= 15 is 0 Å². The van der Waals surface area contributed by atoms with E-state index in [9.17, 15) is 5.11 Å². The number of nitrogens with zero attached hydrogens (tertiary/aromatic N) is 1. The molecule has 2 aliphatic rings. The maximum Gasteiger partial charge on any atom is 0.208 e. The van der Waals surface area contributed by atoms with Crippen LogP contribution in [0.3, 0.4) is 0 Å². The van der Waals surface area contributed by atoms with E-state index < -0.39 is 5.79 Å². The van der Waals surface area contributed by atoms with Gasteiger partial charge in [0.05, 0.1) is 12.6 Å². The van der Waals surface area contributed by atoms with Crippen molar-refractivity contribution in [1.82, 2.24) is 4.90 Å². The minimum atomic E-state index is -1.15. The predicted molar refractivity (Wildman–Crippen MR) is 65.5 cm³/mol. The predicted octanol–water partition coefficient (Wildman–Crippen LogP) is 1.71. The molecule has 3 atom stereocenters. The van der Waals surface area contributed by atoms with Gasteiger partial charge in [-0.05, 0) is 26.3 Å². The first-order chi connectivity index (χ1) is 8.22. The quantitative estimate of drug-likeness (QED) is 0.801. The van der Waals surface area contributed by atoms with Crippen LogP contribution in [0.2, 0.25) is 0 Å². The topological polar surface area (TPSA) is 32.7 Å². The summed E-state index contributed by atoms with van der Waals surface area (Å²) in [5.74, 6) is -1.15. The van der Waals surface area contributed by atoms with E-state index in [4.69, 9.17) is 4.74 Å². The lowest BCUT2D eigenvalue weighted by atomic mass is 9.95. The highest BCUT2D eigenvalue weighted by molar-refractivity contribution is 5.22. The Labute approximate surface area is 102 Å². The lowest BCUT2D eigenvalue weighted by molar-refractivity contribution is -0.282. The van der Waals surface area contributed by atoms with Crippen molar-refractivity contribution in [2.45, 2.75) is 37.6 Å². The molecule has 1 aromatic carbocycles. The molecule has 0 aliphatic carbocycles. The zero-order valence-corrected chi connectivity index (χ0v) is 10.2. The van der Waals surface area contributed by atoms with Gasteiger partial charge in [-0.2, -0.15) is 0 Å². The van der Waals surface area contributed by atoms with Crippen LogP contribution in [0.1, 0.15) is 25.3 Å². The van der Waals surface area contributed by atoms with Gasteiger partial charge in [0.1, 0.15) is 0 Å². The van der Waals surface area contributed by atoms with Crippen molar-refractivity contribution >= 4 is 0 Å². The molecule has 2 heterocycles. The number of hydrogen-bond acceptors (Lipinski definition) is 3. The summed E-state index contributed by atoms with van der Waals surface area (Å²) in [5, 5.41) is 10.8. The summed E-state index contributed by atoms with van der Waals surface area (Å²) in [4.78, 5) is 2.39. The lowest BCUT2D eigenvalue weighted by Gasteiger charge is -2.46. The molecule has 0 radical (unpaired) electrons. The van der Waals surface area contributed by atoms with Crippen LogP contribution in [0.4, 0.5) is 0 Å². The Morgan fingerprint density at radius 1 is 1.35 bits per heavy atom. The van der Waals surface area contributed by atoms with Gasteiger partial charge in [-0.3, -0.25) is 4.90 Å². The minimum absolute atomic E-state index is 0.0196. The minimum Gasteiger partial charge on any atom is -0.361 e. The van der Waals surface area contributed by atoms with Crippen molar-refractivity contribution in [3.63, 3.8) is 0 Å². The lowest BCUT2D eigenvalue weighted by Crippen LogP contribution is -2.58. The summed E-state index contributed by atoms with van der Waals surface area (Å²) < 4.78 is 5.79. The van der Waals surface area contributed by atoms with Gasteiger partial charge < -0.3 is 9.84 Å². The molecule has 1 N–H and O–H groups in total. The Morgan fingerprint density at radius 3 is 2.88 bits per heavy atom. The number of fused-ring (bicyclic) bond motifs is 1. The highest BCUT2D eigenvalue weighted by Crippen LogP contribution is 2.38. The second-order valence-corrected chi connectivity index (χ2v) is 5.08. The third kappa shape index (κ3) is 1.69. The molecule has 2 fully saturated rings. The molecular weight excluding hydrogens is 214 g/mol. The first-order valence-corrected chi connectivity index (χ1v) is 6.39. The van der Waals surface area contributed by atoms with Gasteiger partial charge in [-0.25, -0.2) is 0 Å². The molecule has 3 nitrogen and oxygen atoms in total. The van der Waals surface area contributed by atoms with E-state index in [2.05, 4.69) is 11.8 Å². The Bertz CT molecular complexity index is 394. The Morgan fingerprint density at radius 2 is 2.12 bits per heavy atom. The number of benzene rings is 1. The third-order valence-corrected chi connectivity index (χ3v) is 4.17. The number of rotatable bonds is 1. The Kier molecular flexibility index (Phi) is 2.69. The molecule has 3 heteroatoms. The zero-order valence-electron chi connectivity index (χ0n) is 10.2. The van der Waals surface area contributed by atoms with Gasteiger partial charge in [-0.15, -0.1) is 0 Å². The van der Waals surface area contributed by atoms with E-state index in [1.54, 1.807) is 0 Å². The molecule has 2 aliphatic heterocycles. The second-order valence-electron chi connectivity index (χ2n) is 5.08. The van der Waals surface area contributed by atoms with Crippen molar-refractivity contribution in [1.29, 1.82) is 0 Å². The van der Waals surface area contributed by atoms with Crippen molar-refractivity contribution in [3.8, 4) is 0 Å². The van der Waals surface area contributed by atoms with Gasteiger partial charge in [0.2, 0.25) is 5.79 Å². The highest BCUT2D eigenvalue weighted by atomic mass is 16.6. The number of morpholine rings is 1. The average molecular weight is 233 g/mol. The normalized spacial score (nSPS) is 38.0. The van der Waals surface area contributed by atoms with Gasteiger partial charge in [0.15, 0.2) is 0 Å². The molecule has 1 unspecified atom stereocenters. The van der Waals surface area contributed by atoms with Crippen LogP contribution in [-0.2, 0) is 10.5 Å². The van der Waals surface area contributed by atoms with Crippen LogP contribution in [-0.4, -0.2) is 35.2 Å². The van der Waals surface area contributed by atoms with Crippen molar-refractivity contribution in [2.75, 3.05) is 13.2 Å². The molecule has 0 bridgehead atoms. The summed E-state index contributed by atoms with van der Waals surface area (Å²) in [5.41, 5.74) is 0.859. The van der Waals surface area contributed by atoms with Crippen LogP contribution < -0.4 is 0 Å². The van der Waals surface area contributed by atoms with Crippen LogP contribution in [0.15, 0.2) is 30.3 Å². The van der Waals surface area contributed by atoms with Crippen molar-refractivity contribution in [3.05, 3.63) is 35.9 Å². The van der Waals surface area contributed by atoms with Crippen molar-refractivity contribution < 1.29 is 9.84 Å². The molecule has 0 aromatic heterocycles. The van der Waals surface area contributed by atoms with Crippen LogP contribution >= 0.6 is 0 Å². The summed E-state index contributed by atoms with van der Waals surface area (Å²) in [6, 6.07) is 10.2. The Balaban J connectivity index is 1.92. The van der Waals surface area contributed by atoms with E-state index in [0.29, 0.717) is 12.6 Å². The summed E-state index contributed by atoms with van der Waals surface area (Å²) in [7, 11) is 0. The standard InChI is InChI=1S/C14H19NO2/c1-11-14(16,12-6-3-2-4-7-12)17-10-13-8-5-9-15(11)13/h2-4,6-7,11,13,16H,5,8-10H2,1H3/t11-,13?,14+/m0/s1. The zero-order chi connectivity index (χ0) is 11.9. The van der Waals surface area contributed by atoms with E-state index in [-0.39, 0.29) is 6.04 Å². The molecule has 17 heavy (non-hydrogen) atoms. The molecular formula is C14H19NO2. The first kappa shape index (κ1) is 11.2. The van der Waals surface area contributed by atoms with Gasteiger partial charge in [0, 0.05) is 11.6 Å². The fourth-order valence-corrected chi connectivity index (χ4v) is 3.12. The van der Waals surface area contributed by atoms with E-state index in [1.807, 2.05) is 30.3 Å². The molecule has 3 rings (SSSR count). The molecule has 0 saturated carbocycles. The SMILES string of the molecule is C[C@@H]1N2CCCC2CO[C@@]1(O)c1ccccc1. The second kappa shape index (κ2) is 4.09. The average Bonchev–Trinajstić information content (AvgIpc) is 2.84. The van der Waals surface area contributed by atoms with Crippen molar-refractivity contribution in [2.24, 2.45) is 0 Å². The summed E-state index contributed by atoms with van der Waals surface area (Å²) in [6.45, 7) is 3.77. The van der Waals surface area contributed by atoms with Crippen LogP contribution in [0.25, 0.3) is 0 Å². The van der Waals surface area contributed by atoms with E-state index in [0.717, 1.165) is 12.1 Å². The largest absolute Gasteiger partial charge is 0.361 e. The molecule has 0 amide bonds. The number of hydrogen-bond donors (Lipinski definition) is 1. The van der Waals surface area contributed by atoms with Gasteiger partial charge >= 0.3 is 0 Å². The van der Waals surface area contributed by atoms with E-state index in [1.165, 1.54) is 12.8 Å². The summed E-state index contributed by atoms with van der Waals surface area (Å²) >= 11 is 0. The highest BCUT2D eigenvalue weighted by Gasteiger charge is 2.48. The maximum atomic E-state index is 10.8. The fraction of sp³-hybridized carbons (Fsp3) is 0.571. The number of aliphatic hydroxyl groups is 1. The van der Waals surface area contributed by atoms with Crippen LogP contribution in [0, 0.1) is 0 Å². The molecule has 92 valence electrons. The van der Waals surface area contributed by atoms with Gasteiger partial charge in [-0.1, -0.05) is 30.3 Å². The van der Waals surface area contributed by atoms with Crippen LogP contribution in [0.5, 0.6) is 0 Å². The third-order valence-electron chi connectivity index (χ3n) is 4.17. The first-order valence-electron chi connectivity index (χ1n) is 6.39. The number of ether oxygens (including phenoxy) is 1. The molecule has 0 spiro atoms. The smallest absolute Gasteiger partial charge is 0.208 e. The summed E-state index contributed by atoms with van der Waals surface area (Å²) in [6.07, 6.45) is 2.40. The molecule has 1 aromatic rings. The molecule has 2 saturated heterocycles. The maximum absolute atomic E-state index is 10.8.